The third kappa shape index (κ3) is 2.61. The van der Waals surface area contributed by atoms with E-state index in [-0.39, 0.29) is 0 Å². The van der Waals surface area contributed by atoms with Crippen molar-refractivity contribution in [2.75, 3.05) is 36.8 Å². The van der Waals surface area contributed by atoms with Crippen LogP contribution in [0, 0.1) is 6.92 Å². The van der Waals surface area contributed by atoms with E-state index in [2.05, 4.69) is 48.8 Å². The summed E-state index contributed by atoms with van der Waals surface area (Å²) in [5.41, 5.74) is 9.34. The molecule has 0 saturated carbocycles. The van der Waals surface area contributed by atoms with Gasteiger partial charge in [0.05, 0.1) is 0 Å². The number of nitrogen functional groups attached to an aromatic ring is 1. The van der Waals surface area contributed by atoms with Crippen molar-refractivity contribution in [2.45, 2.75) is 33.2 Å². The normalized spacial score (nSPS) is 19.8. The molecule has 0 amide bonds. The summed E-state index contributed by atoms with van der Waals surface area (Å²) in [6.07, 6.45) is 1.26. The van der Waals surface area contributed by atoms with E-state index in [4.69, 9.17) is 5.73 Å². The largest absolute Gasteiger partial charge is 0.398 e. The molecule has 0 radical (unpaired) electrons. The van der Waals surface area contributed by atoms with Crippen LogP contribution in [0.2, 0.25) is 0 Å². The molecule has 1 aliphatic rings. The van der Waals surface area contributed by atoms with Crippen molar-refractivity contribution in [1.29, 1.82) is 0 Å². The minimum atomic E-state index is 0.697. The summed E-state index contributed by atoms with van der Waals surface area (Å²) < 4.78 is 0. The molecule has 0 bridgehead atoms. The lowest BCUT2D eigenvalue weighted by atomic mass is 10.2. The Balaban J connectivity index is 2.06. The number of rotatable bonds is 4. The maximum Gasteiger partial charge on any atom is 0.0387 e. The molecule has 1 saturated heterocycles. The summed E-state index contributed by atoms with van der Waals surface area (Å²) in [5, 5.41) is 0. The predicted molar refractivity (Wildman–Crippen MR) is 79.1 cm³/mol. The van der Waals surface area contributed by atoms with Crippen molar-refractivity contribution < 1.29 is 0 Å². The van der Waals surface area contributed by atoms with Gasteiger partial charge in [-0.15, -0.1) is 0 Å². The molecule has 1 fully saturated rings. The first-order valence-corrected chi connectivity index (χ1v) is 7.00. The molecule has 1 aromatic carbocycles. The lowest BCUT2D eigenvalue weighted by molar-refractivity contribution is 0.232. The summed E-state index contributed by atoms with van der Waals surface area (Å²) in [6.45, 7) is 11.1. The number of benzene rings is 1. The van der Waals surface area contributed by atoms with Crippen LogP contribution in [0.3, 0.4) is 0 Å². The fourth-order valence-electron chi connectivity index (χ4n) is 2.84. The van der Waals surface area contributed by atoms with Gasteiger partial charge in [0.25, 0.3) is 0 Å². The molecule has 1 atom stereocenters. The molecule has 3 nitrogen and oxygen atoms in total. The smallest absolute Gasteiger partial charge is 0.0387 e. The first-order valence-electron chi connectivity index (χ1n) is 7.00. The van der Waals surface area contributed by atoms with Gasteiger partial charge in [-0.3, -0.25) is 4.90 Å². The summed E-state index contributed by atoms with van der Waals surface area (Å²) in [5.74, 6) is 0. The second kappa shape index (κ2) is 5.61. The highest BCUT2D eigenvalue weighted by Crippen LogP contribution is 2.26. The standard InChI is InChI=1S/C15H25N3/c1-4-17(5-2)14-8-9-18(11-14)13-7-6-12(3)15(16)10-13/h6-7,10,14H,4-5,8-9,11,16H2,1-3H3. The summed E-state index contributed by atoms with van der Waals surface area (Å²) in [7, 11) is 0. The van der Waals surface area contributed by atoms with Crippen LogP contribution in [0.4, 0.5) is 11.4 Å². The number of hydrogen-bond acceptors (Lipinski definition) is 3. The average molecular weight is 247 g/mol. The third-order valence-electron chi connectivity index (χ3n) is 4.12. The van der Waals surface area contributed by atoms with Gasteiger partial charge in [0.1, 0.15) is 0 Å². The zero-order chi connectivity index (χ0) is 13.1. The maximum atomic E-state index is 6.00. The number of nitrogens with zero attached hydrogens (tertiary/aromatic N) is 2. The molecule has 100 valence electrons. The Bertz CT molecular complexity index is 399. The van der Waals surface area contributed by atoms with Gasteiger partial charge in [-0.1, -0.05) is 19.9 Å². The van der Waals surface area contributed by atoms with Crippen LogP contribution in [-0.2, 0) is 0 Å². The Morgan fingerprint density at radius 1 is 1.33 bits per heavy atom. The highest BCUT2D eigenvalue weighted by atomic mass is 15.2. The molecule has 18 heavy (non-hydrogen) atoms. The van der Waals surface area contributed by atoms with Crippen LogP contribution >= 0.6 is 0 Å². The molecule has 2 rings (SSSR count). The Morgan fingerprint density at radius 3 is 2.67 bits per heavy atom. The second-order valence-corrected chi connectivity index (χ2v) is 5.15. The van der Waals surface area contributed by atoms with E-state index >= 15 is 0 Å². The van der Waals surface area contributed by atoms with Crippen LogP contribution in [0.5, 0.6) is 0 Å². The topological polar surface area (TPSA) is 32.5 Å². The summed E-state index contributed by atoms with van der Waals surface area (Å²) in [4.78, 5) is 5.01. The van der Waals surface area contributed by atoms with Crippen molar-refractivity contribution in [3.8, 4) is 0 Å². The number of aryl methyl sites for hydroxylation is 1. The lowest BCUT2D eigenvalue weighted by Crippen LogP contribution is -2.37. The van der Waals surface area contributed by atoms with E-state index in [1.54, 1.807) is 0 Å². The lowest BCUT2D eigenvalue weighted by Gasteiger charge is -2.26. The molecule has 2 N–H and O–H groups in total. The van der Waals surface area contributed by atoms with E-state index < -0.39 is 0 Å². The van der Waals surface area contributed by atoms with Crippen molar-refractivity contribution in [2.24, 2.45) is 0 Å². The number of hydrogen-bond donors (Lipinski definition) is 1. The molecule has 1 aromatic rings. The van der Waals surface area contributed by atoms with Crippen molar-refractivity contribution in [1.82, 2.24) is 4.90 Å². The SMILES string of the molecule is CCN(CC)C1CCN(c2ccc(C)c(N)c2)C1. The fraction of sp³-hybridized carbons (Fsp3) is 0.600. The van der Waals surface area contributed by atoms with Crippen LogP contribution in [0.15, 0.2) is 18.2 Å². The van der Waals surface area contributed by atoms with Crippen LogP contribution in [0.1, 0.15) is 25.8 Å². The van der Waals surface area contributed by atoms with Gasteiger partial charge >= 0.3 is 0 Å². The van der Waals surface area contributed by atoms with Crippen molar-refractivity contribution in [3.05, 3.63) is 23.8 Å². The van der Waals surface area contributed by atoms with Gasteiger partial charge in [-0.2, -0.15) is 0 Å². The van der Waals surface area contributed by atoms with Crippen LogP contribution in [0.25, 0.3) is 0 Å². The van der Waals surface area contributed by atoms with Gasteiger partial charge in [0.15, 0.2) is 0 Å². The molecule has 0 aromatic heterocycles. The van der Waals surface area contributed by atoms with E-state index in [0.29, 0.717) is 6.04 Å². The van der Waals surface area contributed by atoms with Gasteiger partial charge in [0, 0.05) is 30.5 Å². The van der Waals surface area contributed by atoms with Crippen LogP contribution in [-0.4, -0.2) is 37.1 Å². The van der Waals surface area contributed by atoms with Gasteiger partial charge < -0.3 is 10.6 Å². The zero-order valence-corrected chi connectivity index (χ0v) is 11.8. The zero-order valence-electron chi connectivity index (χ0n) is 11.8. The molecular formula is C15H25N3. The third-order valence-corrected chi connectivity index (χ3v) is 4.12. The quantitative estimate of drug-likeness (QED) is 0.830. The second-order valence-electron chi connectivity index (χ2n) is 5.15. The Labute approximate surface area is 111 Å². The molecule has 0 aliphatic carbocycles. The van der Waals surface area contributed by atoms with E-state index in [9.17, 15) is 0 Å². The first-order chi connectivity index (χ1) is 8.65. The molecule has 1 heterocycles. The highest BCUT2D eigenvalue weighted by molar-refractivity contribution is 5.60. The molecule has 0 spiro atoms. The number of likely N-dealkylation sites (N-methyl/N-ethyl adjacent to an activating group) is 1. The Hall–Kier alpha value is -1.22. The molecule has 1 aliphatic heterocycles. The number of nitrogens with two attached hydrogens (primary N) is 1. The average Bonchev–Trinajstić information content (AvgIpc) is 2.84. The van der Waals surface area contributed by atoms with Gasteiger partial charge in [0.2, 0.25) is 0 Å². The monoisotopic (exact) mass is 247 g/mol. The predicted octanol–water partition coefficient (Wildman–Crippen LogP) is 2.50. The Kier molecular flexibility index (Phi) is 4.12. The Morgan fingerprint density at radius 2 is 2.06 bits per heavy atom. The summed E-state index contributed by atoms with van der Waals surface area (Å²) in [6, 6.07) is 7.12. The van der Waals surface area contributed by atoms with Crippen molar-refractivity contribution >= 4 is 11.4 Å². The fourth-order valence-corrected chi connectivity index (χ4v) is 2.84. The maximum absolute atomic E-state index is 6.00. The van der Waals surface area contributed by atoms with E-state index in [0.717, 1.165) is 31.9 Å². The molecule has 1 unspecified atom stereocenters. The van der Waals surface area contributed by atoms with Crippen LogP contribution < -0.4 is 10.6 Å². The molecule has 3 heteroatoms. The van der Waals surface area contributed by atoms with Gasteiger partial charge in [-0.25, -0.2) is 0 Å². The summed E-state index contributed by atoms with van der Waals surface area (Å²) >= 11 is 0. The van der Waals surface area contributed by atoms with E-state index in [1.807, 2.05) is 0 Å². The minimum Gasteiger partial charge on any atom is -0.398 e. The molecular weight excluding hydrogens is 222 g/mol. The minimum absolute atomic E-state index is 0.697. The van der Waals surface area contributed by atoms with Gasteiger partial charge in [-0.05, 0) is 44.1 Å². The van der Waals surface area contributed by atoms with Crippen molar-refractivity contribution in [3.63, 3.8) is 0 Å². The van der Waals surface area contributed by atoms with E-state index in [1.165, 1.54) is 17.7 Å². The number of anilines is 2. The highest BCUT2D eigenvalue weighted by Gasteiger charge is 2.26. The first kappa shape index (κ1) is 13.2.